The molecule has 0 radical (unpaired) electrons. The number of H-pyrrole nitrogens is 1. The molecule has 1 amide bonds. The zero-order chi connectivity index (χ0) is 25.4. The summed E-state index contributed by atoms with van der Waals surface area (Å²) in [5.74, 6) is -1.15. The number of aryl methyl sites for hydroxylation is 1. The van der Waals surface area contributed by atoms with Crippen LogP contribution in [0, 0.1) is 10.1 Å². The number of likely N-dealkylation sites (tertiary alicyclic amines) is 1. The molecule has 5 rings (SSSR count). The van der Waals surface area contributed by atoms with Crippen molar-refractivity contribution >= 4 is 23.1 Å². The highest BCUT2D eigenvalue weighted by molar-refractivity contribution is 6.46. The fourth-order valence-corrected chi connectivity index (χ4v) is 4.87. The van der Waals surface area contributed by atoms with Crippen LogP contribution in [0.25, 0.3) is 5.76 Å². The summed E-state index contributed by atoms with van der Waals surface area (Å²) in [5.41, 5.74) is 1.43. The Hall–Kier alpha value is -4.47. The molecular formula is C26H25N4O6+. The topological polar surface area (TPSA) is 130 Å². The van der Waals surface area contributed by atoms with Gasteiger partial charge in [-0.2, -0.15) is 0 Å². The molecule has 36 heavy (non-hydrogen) atoms. The largest absolute Gasteiger partial charge is 0.507 e. The van der Waals surface area contributed by atoms with Crippen molar-refractivity contribution in [2.24, 2.45) is 0 Å². The molecule has 2 unspecified atom stereocenters. The van der Waals surface area contributed by atoms with Gasteiger partial charge in [0.2, 0.25) is 6.33 Å². The van der Waals surface area contributed by atoms with E-state index < -0.39 is 22.7 Å². The number of aromatic amines is 1. The number of hydrogen-bond donors (Lipinski definition) is 2. The molecule has 10 heteroatoms. The maximum Gasteiger partial charge on any atom is 0.295 e. The summed E-state index contributed by atoms with van der Waals surface area (Å²) in [6.45, 7) is 2.76. The molecule has 3 heterocycles. The van der Waals surface area contributed by atoms with E-state index in [4.69, 9.17) is 4.74 Å². The lowest BCUT2D eigenvalue weighted by molar-refractivity contribution is -0.695. The fraction of sp³-hybridized carbons (Fsp3) is 0.269. The van der Waals surface area contributed by atoms with Crippen LogP contribution in [0.3, 0.4) is 0 Å². The van der Waals surface area contributed by atoms with Gasteiger partial charge in [0.1, 0.15) is 30.0 Å². The summed E-state index contributed by atoms with van der Waals surface area (Å²) in [5, 5.41) is 22.7. The number of nitrogens with zero attached hydrogens (tertiary/aromatic N) is 3. The lowest BCUT2D eigenvalue weighted by Crippen LogP contribution is -2.36. The number of fused-ring (bicyclic) bond motifs is 1. The highest BCUT2D eigenvalue weighted by atomic mass is 16.6. The van der Waals surface area contributed by atoms with Gasteiger partial charge in [0.15, 0.2) is 0 Å². The minimum atomic E-state index is -0.954. The molecule has 0 spiro atoms. The maximum atomic E-state index is 13.2. The smallest absolute Gasteiger partial charge is 0.295 e. The number of amides is 1. The summed E-state index contributed by atoms with van der Waals surface area (Å²) in [4.78, 5) is 41.6. The third kappa shape index (κ3) is 4.21. The van der Waals surface area contributed by atoms with Crippen molar-refractivity contribution in [1.29, 1.82) is 0 Å². The predicted octanol–water partition coefficient (Wildman–Crippen LogP) is 3.05. The molecular weight excluding hydrogens is 464 g/mol. The van der Waals surface area contributed by atoms with Crippen molar-refractivity contribution in [3.05, 3.63) is 93.6 Å². The Labute approximate surface area is 206 Å². The molecule has 2 N–H and O–H groups in total. The van der Waals surface area contributed by atoms with E-state index in [0.717, 1.165) is 11.3 Å². The number of ether oxygens (including phenoxy) is 1. The molecule has 2 aliphatic heterocycles. The summed E-state index contributed by atoms with van der Waals surface area (Å²) in [6.07, 6.45) is 6.61. The molecule has 3 aromatic rings. The van der Waals surface area contributed by atoms with Gasteiger partial charge in [-0.05, 0) is 36.2 Å². The van der Waals surface area contributed by atoms with Crippen molar-refractivity contribution in [2.45, 2.75) is 38.5 Å². The monoisotopic (exact) mass is 489 g/mol. The zero-order valence-electron chi connectivity index (χ0n) is 19.6. The molecule has 2 aromatic carbocycles. The Morgan fingerprint density at radius 3 is 2.86 bits per heavy atom. The SMILES string of the molecule is CC1Cc2cc(/C(O)=C3\C(=O)C(=O)N(CCC[n+]4cc[nH]c4)C3c3cccc([N+](=O)[O-])c3)ccc2O1. The van der Waals surface area contributed by atoms with Crippen molar-refractivity contribution in [3.63, 3.8) is 0 Å². The molecule has 1 aromatic heterocycles. The van der Waals surface area contributed by atoms with Crippen molar-refractivity contribution in [3.8, 4) is 5.75 Å². The average molecular weight is 490 g/mol. The molecule has 184 valence electrons. The van der Waals surface area contributed by atoms with Gasteiger partial charge in [0.05, 0.1) is 23.1 Å². The summed E-state index contributed by atoms with van der Waals surface area (Å²) >= 11 is 0. The Balaban J connectivity index is 1.56. The van der Waals surface area contributed by atoms with Crippen LogP contribution in [0.1, 0.15) is 36.1 Å². The quantitative estimate of drug-likeness (QED) is 0.131. The molecule has 0 saturated carbocycles. The number of Topliss-reactive ketones (excluding diaryl/α,β-unsaturated/α-hetero) is 1. The molecule has 1 saturated heterocycles. The standard InChI is InChI=1S/C26H24N4O6/c1-16-12-19-13-18(6-7-21(19)36-16)24(31)22-23(17-4-2-5-20(14-17)30(34)35)29(26(33)25(22)32)10-3-9-28-11-8-27-15-28/h2,4-8,11,13-16,23H,3,9-10,12H2,1H3,(H,31,32)/p+1. The van der Waals surface area contributed by atoms with Gasteiger partial charge in [-0.25, -0.2) is 4.57 Å². The van der Waals surface area contributed by atoms with Gasteiger partial charge >= 0.3 is 0 Å². The Bertz CT molecular complexity index is 1380. The van der Waals surface area contributed by atoms with Crippen LogP contribution in [-0.4, -0.2) is 44.3 Å². The second kappa shape index (κ2) is 9.29. The second-order valence-corrected chi connectivity index (χ2v) is 9.00. The summed E-state index contributed by atoms with van der Waals surface area (Å²) in [6, 6.07) is 10.0. The number of carbonyl (C=O) groups is 2. The number of non-ortho nitro benzene ring substituents is 1. The normalized spacial score (nSPS) is 20.4. The summed E-state index contributed by atoms with van der Waals surface area (Å²) in [7, 11) is 0. The number of hydrogen-bond acceptors (Lipinski definition) is 6. The molecule has 10 nitrogen and oxygen atoms in total. The molecule has 2 atom stereocenters. The van der Waals surface area contributed by atoms with Gasteiger partial charge < -0.3 is 14.7 Å². The van der Waals surface area contributed by atoms with E-state index in [1.807, 2.05) is 17.7 Å². The van der Waals surface area contributed by atoms with E-state index in [2.05, 4.69) is 4.98 Å². The van der Waals surface area contributed by atoms with E-state index in [9.17, 15) is 24.8 Å². The van der Waals surface area contributed by atoms with Crippen LogP contribution in [0.2, 0.25) is 0 Å². The number of benzene rings is 2. The number of aliphatic hydroxyl groups is 1. The second-order valence-electron chi connectivity index (χ2n) is 9.00. The Kier molecular flexibility index (Phi) is 6.01. The number of rotatable bonds is 7. The number of aliphatic hydroxyl groups excluding tert-OH is 1. The van der Waals surface area contributed by atoms with E-state index in [1.54, 1.807) is 36.8 Å². The lowest BCUT2D eigenvalue weighted by Gasteiger charge is -2.25. The van der Waals surface area contributed by atoms with Crippen molar-refractivity contribution < 1.29 is 28.9 Å². The van der Waals surface area contributed by atoms with Gasteiger partial charge in [0.25, 0.3) is 17.4 Å². The number of ketones is 1. The number of imidazole rings is 1. The van der Waals surface area contributed by atoms with E-state index in [0.29, 0.717) is 30.5 Å². The minimum absolute atomic E-state index is 0.00532. The molecule has 0 bridgehead atoms. The molecule has 0 aliphatic carbocycles. The van der Waals surface area contributed by atoms with Crippen LogP contribution in [0.15, 0.2) is 66.8 Å². The predicted molar refractivity (Wildman–Crippen MR) is 128 cm³/mol. The van der Waals surface area contributed by atoms with Crippen LogP contribution in [-0.2, 0) is 22.6 Å². The first kappa shape index (κ1) is 23.3. The third-order valence-electron chi connectivity index (χ3n) is 6.52. The van der Waals surface area contributed by atoms with Crippen LogP contribution in [0.5, 0.6) is 5.75 Å². The van der Waals surface area contributed by atoms with Crippen LogP contribution < -0.4 is 9.30 Å². The van der Waals surface area contributed by atoms with Crippen molar-refractivity contribution in [1.82, 2.24) is 9.88 Å². The Morgan fingerprint density at radius 1 is 1.28 bits per heavy atom. The van der Waals surface area contributed by atoms with Gasteiger partial charge in [0, 0.05) is 37.1 Å². The summed E-state index contributed by atoms with van der Waals surface area (Å²) < 4.78 is 7.64. The first-order valence-electron chi connectivity index (χ1n) is 11.7. The van der Waals surface area contributed by atoms with Crippen LogP contribution >= 0.6 is 0 Å². The first-order valence-corrected chi connectivity index (χ1v) is 11.7. The first-order chi connectivity index (χ1) is 17.3. The molecule has 1 fully saturated rings. The highest BCUT2D eigenvalue weighted by Crippen LogP contribution is 2.41. The van der Waals surface area contributed by atoms with E-state index in [-0.39, 0.29) is 29.7 Å². The number of aromatic nitrogens is 2. The number of nitrogens with one attached hydrogen (secondary N) is 1. The van der Waals surface area contributed by atoms with E-state index >= 15 is 0 Å². The number of nitro groups is 1. The fourth-order valence-electron chi connectivity index (χ4n) is 4.87. The zero-order valence-corrected chi connectivity index (χ0v) is 19.6. The third-order valence-corrected chi connectivity index (χ3v) is 6.52. The van der Waals surface area contributed by atoms with Gasteiger partial charge in [-0.15, -0.1) is 0 Å². The lowest BCUT2D eigenvalue weighted by atomic mass is 9.94. The van der Waals surface area contributed by atoms with Gasteiger partial charge in [-0.1, -0.05) is 12.1 Å². The van der Waals surface area contributed by atoms with E-state index in [1.165, 1.54) is 23.1 Å². The number of carbonyl (C=O) groups excluding carboxylic acids is 2. The van der Waals surface area contributed by atoms with Crippen molar-refractivity contribution in [2.75, 3.05) is 6.54 Å². The highest BCUT2D eigenvalue weighted by Gasteiger charge is 2.46. The Morgan fingerprint density at radius 2 is 2.11 bits per heavy atom. The maximum absolute atomic E-state index is 13.2. The molecule has 2 aliphatic rings. The van der Waals surface area contributed by atoms with Crippen LogP contribution in [0.4, 0.5) is 5.69 Å². The number of nitro benzene ring substituents is 1. The minimum Gasteiger partial charge on any atom is -0.507 e. The van der Waals surface area contributed by atoms with Gasteiger partial charge in [-0.3, -0.25) is 24.7 Å². The average Bonchev–Trinajstić information content (AvgIpc) is 3.57.